The number of alkyl halides is 3. The van der Waals surface area contributed by atoms with Crippen LogP contribution in [0.3, 0.4) is 0 Å². The SMILES string of the molecule is CC(C)(O)Cn1cc(C(=O)N[C@H]2CCCC[C@@H](Nc3cc(C(F)(F)F)nc4ccc(Cl)cc34)C2)c(C#N)n1. The van der Waals surface area contributed by atoms with Gasteiger partial charge in [-0.05, 0) is 57.4 Å². The first kappa shape index (κ1) is 27.7. The molecule has 1 aromatic carbocycles. The summed E-state index contributed by atoms with van der Waals surface area (Å²) in [6.07, 6.45) is 0.320. The molecule has 3 N–H and O–H groups in total. The minimum Gasteiger partial charge on any atom is -0.389 e. The lowest BCUT2D eigenvalue weighted by atomic mass is 10.0. The number of anilines is 1. The van der Waals surface area contributed by atoms with Crippen LogP contribution in [0.4, 0.5) is 18.9 Å². The number of hydrogen-bond donors (Lipinski definition) is 3. The molecule has 0 aliphatic heterocycles. The zero-order valence-corrected chi connectivity index (χ0v) is 21.7. The van der Waals surface area contributed by atoms with Crippen molar-refractivity contribution in [1.82, 2.24) is 20.1 Å². The van der Waals surface area contributed by atoms with E-state index in [9.17, 15) is 28.3 Å². The summed E-state index contributed by atoms with van der Waals surface area (Å²) in [7, 11) is 0. The number of nitriles is 1. The van der Waals surface area contributed by atoms with Crippen LogP contribution in [0, 0.1) is 11.3 Å². The van der Waals surface area contributed by atoms with E-state index in [0.717, 1.165) is 18.9 Å². The third-order valence-electron chi connectivity index (χ3n) is 6.34. The fourth-order valence-electron chi connectivity index (χ4n) is 4.72. The third kappa shape index (κ3) is 6.74. The first-order chi connectivity index (χ1) is 17.8. The Morgan fingerprint density at radius 3 is 2.61 bits per heavy atom. The van der Waals surface area contributed by atoms with E-state index < -0.39 is 23.4 Å². The first-order valence-electron chi connectivity index (χ1n) is 12.3. The number of rotatable bonds is 6. The lowest BCUT2D eigenvalue weighted by Gasteiger charge is -2.24. The maximum Gasteiger partial charge on any atom is 0.433 e. The van der Waals surface area contributed by atoms with Crippen molar-refractivity contribution in [2.45, 2.75) is 76.4 Å². The summed E-state index contributed by atoms with van der Waals surface area (Å²) in [5, 5.41) is 30.7. The molecule has 8 nitrogen and oxygen atoms in total. The van der Waals surface area contributed by atoms with E-state index >= 15 is 0 Å². The van der Waals surface area contributed by atoms with Gasteiger partial charge in [0, 0.05) is 34.4 Å². The van der Waals surface area contributed by atoms with Gasteiger partial charge in [0.1, 0.15) is 11.8 Å². The summed E-state index contributed by atoms with van der Waals surface area (Å²) >= 11 is 6.12. The molecule has 4 rings (SSSR count). The molecule has 12 heteroatoms. The van der Waals surface area contributed by atoms with Crippen LogP contribution < -0.4 is 10.6 Å². The van der Waals surface area contributed by atoms with Crippen LogP contribution >= 0.6 is 11.6 Å². The number of aliphatic hydroxyl groups is 1. The fraction of sp³-hybridized carbons (Fsp3) is 0.462. The third-order valence-corrected chi connectivity index (χ3v) is 6.58. The van der Waals surface area contributed by atoms with E-state index in [-0.39, 0.29) is 41.1 Å². The average molecular weight is 549 g/mol. The molecule has 0 bridgehead atoms. The molecule has 3 aromatic rings. The number of fused-ring (bicyclic) bond motifs is 1. The molecule has 2 aromatic heterocycles. The minimum absolute atomic E-state index is 0.0464. The molecule has 0 unspecified atom stereocenters. The molecule has 1 fully saturated rings. The Hall–Kier alpha value is -3.36. The number of amides is 1. The quantitative estimate of drug-likeness (QED) is 0.360. The van der Waals surface area contributed by atoms with Gasteiger partial charge in [-0.3, -0.25) is 9.48 Å². The Bertz CT molecular complexity index is 1380. The van der Waals surface area contributed by atoms with Gasteiger partial charge in [0.2, 0.25) is 0 Å². The second-order valence-corrected chi connectivity index (χ2v) is 10.7. The number of nitrogens with zero attached hydrogens (tertiary/aromatic N) is 4. The fourth-order valence-corrected chi connectivity index (χ4v) is 4.89. The van der Waals surface area contributed by atoms with E-state index in [1.807, 2.05) is 6.07 Å². The van der Waals surface area contributed by atoms with Crippen LogP contribution in [0.5, 0.6) is 0 Å². The summed E-state index contributed by atoms with van der Waals surface area (Å²) in [5.41, 5.74) is -1.57. The van der Waals surface area contributed by atoms with Crippen molar-refractivity contribution >= 4 is 34.1 Å². The van der Waals surface area contributed by atoms with E-state index in [1.165, 1.54) is 23.0 Å². The Labute approximate surface area is 222 Å². The first-order valence-corrected chi connectivity index (χ1v) is 12.6. The molecule has 38 heavy (non-hydrogen) atoms. The number of benzene rings is 1. The smallest absolute Gasteiger partial charge is 0.389 e. The molecular weight excluding hydrogens is 521 g/mol. The van der Waals surface area contributed by atoms with Crippen molar-refractivity contribution in [3.63, 3.8) is 0 Å². The van der Waals surface area contributed by atoms with Gasteiger partial charge in [0.25, 0.3) is 5.91 Å². The van der Waals surface area contributed by atoms with Crippen LogP contribution in [0.1, 0.15) is 67.7 Å². The molecule has 2 heterocycles. The van der Waals surface area contributed by atoms with Gasteiger partial charge in [-0.15, -0.1) is 0 Å². The Balaban J connectivity index is 1.54. The predicted octanol–water partition coefficient (Wildman–Crippen LogP) is 5.29. The van der Waals surface area contributed by atoms with E-state index in [2.05, 4.69) is 20.7 Å². The molecule has 202 valence electrons. The van der Waals surface area contributed by atoms with Gasteiger partial charge in [-0.2, -0.15) is 23.5 Å². The average Bonchev–Trinajstić information content (AvgIpc) is 3.09. The van der Waals surface area contributed by atoms with Crippen LogP contribution in [0.2, 0.25) is 5.02 Å². The lowest BCUT2D eigenvalue weighted by molar-refractivity contribution is -0.140. The lowest BCUT2D eigenvalue weighted by Crippen LogP contribution is -2.38. The molecular formula is C26H28ClF3N6O2. The standard InChI is InChI=1S/C26H28ClF3N6O2/c1-25(2,38)14-36-13-19(22(12-31)35-36)24(37)33-17-6-4-3-5-16(10-17)32-21-11-23(26(28,29)30)34-20-8-7-15(27)9-18(20)21/h7-9,11,13,16-17,38H,3-6,10,14H2,1-2H3,(H,32,34)(H,33,37)/t16-,17+/m1/s1. The van der Waals surface area contributed by atoms with Crippen molar-refractivity contribution < 1.29 is 23.1 Å². The largest absolute Gasteiger partial charge is 0.433 e. The topological polar surface area (TPSA) is 116 Å². The van der Waals surface area contributed by atoms with Gasteiger partial charge >= 0.3 is 6.18 Å². The van der Waals surface area contributed by atoms with Crippen molar-refractivity contribution in [2.75, 3.05) is 5.32 Å². The van der Waals surface area contributed by atoms with Crippen molar-refractivity contribution in [3.05, 3.63) is 52.4 Å². The number of aromatic nitrogens is 3. The molecule has 1 aliphatic rings. The number of carbonyl (C=O) groups is 1. The van der Waals surface area contributed by atoms with Gasteiger partial charge in [0.05, 0.1) is 23.2 Å². The second kappa shape index (κ2) is 10.8. The number of nitrogens with one attached hydrogen (secondary N) is 2. The summed E-state index contributed by atoms with van der Waals surface area (Å²) < 4.78 is 42.0. The highest BCUT2D eigenvalue weighted by Gasteiger charge is 2.34. The highest BCUT2D eigenvalue weighted by Crippen LogP contribution is 2.35. The van der Waals surface area contributed by atoms with Crippen molar-refractivity contribution in [3.8, 4) is 6.07 Å². The Kier molecular flexibility index (Phi) is 7.85. The van der Waals surface area contributed by atoms with Gasteiger partial charge in [-0.1, -0.05) is 24.4 Å². The zero-order chi connectivity index (χ0) is 27.7. The number of halogens is 4. The highest BCUT2D eigenvalue weighted by molar-refractivity contribution is 6.31. The number of carbonyl (C=O) groups excluding carboxylic acids is 1. The molecule has 0 spiro atoms. The van der Waals surface area contributed by atoms with Gasteiger partial charge in [0.15, 0.2) is 5.69 Å². The van der Waals surface area contributed by atoms with Gasteiger partial charge in [-0.25, -0.2) is 4.98 Å². The summed E-state index contributed by atoms with van der Waals surface area (Å²) in [5.74, 6) is -0.463. The maximum absolute atomic E-state index is 13.5. The predicted molar refractivity (Wildman–Crippen MR) is 137 cm³/mol. The van der Waals surface area contributed by atoms with Crippen molar-refractivity contribution in [1.29, 1.82) is 5.26 Å². The Morgan fingerprint density at radius 2 is 1.95 bits per heavy atom. The summed E-state index contributed by atoms with van der Waals surface area (Å²) in [6.45, 7) is 3.29. The summed E-state index contributed by atoms with van der Waals surface area (Å²) in [6, 6.07) is 6.95. The zero-order valence-electron chi connectivity index (χ0n) is 20.9. The molecule has 0 radical (unpaired) electrons. The van der Waals surface area contributed by atoms with E-state index in [4.69, 9.17) is 11.6 Å². The number of hydrogen-bond acceptors (Lipinski definition) is 6. The monoisotopic (exact) mass is 548 g/mol. The van der Waals surface area contributed by atoms with Crippen LogP contribution in [-0.4, -0.2) is 43.5 Å². The normalized spacial score (nSPS) is 18.6. The maximum atomic E-state index is 13.5. The molecule has 1 saturated carbocycles. The van der Waals surface area contributed by atoms with Crippen LogP contribution in [0.25, 0.3) is 10.9 Å². The second-order valence-electron chi connectivity index (χ2n) is 10.3. The molecule has 2 atom stereocenters. The van der Waals surface area contributed by atoms with Crippen LogP contribution in [0.15, 0.2) is 30.5 Å². The van der Waals surface area contributed by atoms with E-state index in [0.29, 0.717) is 29.7 Å². The molecule has 1 amide bonds. The van der Waals surface area contributed by atoms with Crippen molar-refractivity contribution in [2.24, 2.45) is 0 Å². The molecule has 1 aliphatic carbocycles. The van der Waals surface area contributed by atoms with Crippen LogP contribution in [-0.2, 0) is 12.7 Å². The van der Waals surface area contributed by atoms with E-state index in [1.54, 1.807) is 19.9 Å². The van der Waals surface area contributed by atoms with Gasteiger partial charge < -0.3 is 15.7 Å². The Morgan fingerprint density at radius 1 is 1.24 bits per heavy atom. The minimum atomic E-state index is -4.61. The highest BCUT2D eigenvalue weighted by atomic mass is 35.5. The molecule has 0 saturated heterocycles. The summed E-state index contributed by atoms with van der Waals surface area (Å²) in [4.78, 5) is 16.8. The number of pyridine rings is 1.